The van der Waals surface area contributed by atoms with E-state index >= 15 is 0 Å². The summed E-state index contributed by atoms with van der Waals surface area (Å²) < 4.78 is 11.8. The Morgan fingerprint density at radius 3 is 2.47 bits per heavy atom. The van der Waals surface area contributed by atoms with E-state index in [1.807, 2.05) is 36.4 Å². The Balaban J connectivity index is 2.44. The van der Waals surface area contributed by atoms with Crippen molar-refractivity contribution >= 4 is 22.6 Å². The van der Waals surface area contributed by atoms with Crippen molar-refractivity contribution in [3.05, 3.63) is 57.2 Å². The van der Waals surface area contributed by atoms with Crippen molar-refractivity contribution < 1.29 is 9.47 Å². The first kappa shape index (κ1) is 14.1. The number of halogens is 1. The maximum absolute atomic E-state index is 6.35. The lowest BCUT2D eigenvalue weighted by Crippen LogP contribution is -2.13. The van der Waals surface area contributed by atoms with Gasteiger partial charge in [0.2, 0.25) is 0 Å². The molecule has 0 bridgehead atoms. The van der Waals surface area contributed by atoms with Crippen LogP contribution in [-0.2, 0) is 0 Å². The molecule has 0 spiro atoms. The van der Waals surface area contributed by atoms with Gasteiger partial charge in [0, 0.05) is 9.13 Å². The van der Waals surface area contributed by atoms with Crippen LogP contribution in [0, 0.1) is 3.57 Å². The third-order valence-electron chi connectivity index (χ3n) is 2.98. The molecule has 19 heavy (non-hydrogen) atoms. The molecule has 0 fully saturated rings. The van der Waals surface area contributed by atoms with Crippen molar-refractivity contribution in [2.45, 2.75) is 6.04 Å². The average molecular weight is 369 g/mol. The van der Waals surface area contributed by atoms with Crippen molar-refractivity contribution in [3.63, 3.8) is 0 Å². The molecule has 2 aromatic rings. The van der Waals surface area contributed by atoms with Crippen LogP contribution in [0.25, 0.3) is 0 Å². The van der Waals surface area contributed by atoms with E-state index in [0.29, 0.717) is 0 Å². The molecule has 0 radical (unpaired) electrons. The van der Waals surface area contributed by atoms with Gasteiger partial charge in [0.25, 0.3) is 0 Å². The third kappa shape index (κ3) is 3.19. The Labute approximate surface area is 126 Å². The number of methoxy groups -OCH3 is 2. The fraction of sp³-hybridized carbons (Fsp3) is 0.200. The molecule has 1 atom stereocenters. The normalized spacial score (nSPS) is 12.0. The van der Waals surface area contributed by atoms with E-state index in [4.69, 9.17) is 15.2 Å². The number of nitrogens with two attached hydrogens (primary N) is 1. The summed E-state index contributed by atoms with van der Waals surface area (Å²) in [6.45, 7) is 0. The van der Waals surface area contributed by atoms with Gasteiger partial charge in [0.05, 0.1) is 20.3 Å². The largest absolute Gasteiger partial charge is 0.497 e. The average Bonchev–Trinajstić information content (AvgIpc) is 2.45. The highest BCUT2D eigenvalue weighted by Gasteiger charge is 2.15. The van der Waals surface area contributed by atoms with Crippen LogP contribution in [0.3, 0.4) is 0 Å². The molecule has 0 saturated heterocycles. The smallest absolute Gasteiger partial charge is 0.124 e. The highest BCUT2D eigenvalue weighted by molar-refractivity contribution is 14.1. The minimum absolute atomic E-state index is 0.236. The Kier molecular flexibility index (Phi) is 4.66. The van der Waals surface area contributed by atoms with E-state index in [9.17, 15) is 0 Å². The highest BCUT2D eigenvalue weighted by Crippen LogP contribution is 2.32. The van der Waals surface area contributed by atoms with E-state index < -0.39 is 0 Å². The first-order valence-electron chi connectivity index (χ1n) is 5.88. The Bertz CT molecular complexity index is 572. The maximum Gasteiger partial charge on any atom is 0.124 e. The van der Waals surface area contributed by atoms with Gasteiger partial charge in [-0.2, -0.15) is 0 Å². The predicted octanol–water partition coefficient (Wildman–Crippen LogP) is 3.36. The lowest BCUT2D eigenvalue weighted by Gasteiger charge is -2.17. The maximum atomic E-state index is 6.35. The van der Waals surface area contributed by atoms with Crippen LogP contribution >= 0.6 is 22.6 Å². The molecule has 100 valence electrons. The summed E-state index contributed by atoms with van der Waals surface area (Å²) in [5.74, 6) is 1.55. The van der Waals surface area contributed by atoms with Crippen LogP contribution in [0.4, 0.5) is 0 Å². The zero-order chi connectivity index (χ0) is 13.8. The summed E-state index contributed by atoms with van der Waals surface area (Å²) >= 11 is 2.28. The number of hydrogen-bond acceptors (Lipinski definition) is 3. The van der Waals surface area contributed by atoms with Gasteiger partial charge in [-0.15, -0.1) is 0 Å². The number of ether oxygens (including phenoxy) is 2. The van der Waals surface area contributed by atoms with Crippen molar-refractivity contribution in [3.8, 4) is 11.5 Å². The van der Waals surface area contributed by atoms with Gasteiger partial charge in [-0.1, -0.05) is 12.1 Å². The van der Waals surface area contributed by atoms with E-state index in [2.05, 4.69) is 28.7 Å². The molecule has 0 heterocycles. The van der Waals surface area contributed by atoms with Crippen LogP contribution in [0.2, 0.25) is 0 Å². The molecule has 0 aromatic heterocycles. The van der Waals surface area contributed by atoms with E-state index in [-0.39, 0.29) is 6.04 Å². The Hall–Kier alpha value is -1.27. The lowest BCUT2D eigenvalue weighted by molar-refractivity contribution is 0.397. The van der Waals surface area contributed by atoms with Crippen LogP contribution in [0.5, 0.6) is 11.5 Å². The van der Waals surface area contributed by atoms with E-state index in [0.717, 1.165) is 26.2 Å². The fourth-order valence-electron chi connectivity index (χ4n) is 1.96. The summed E-state index contributed by atoms with van der Waals surface area (Å²) in [6.07, 6.45) is 0. The van der Waals surface area contributed by atoms with E-state index in [1.165, 1.54) is 0 Å². The molecule has 0 amide bonds. The molecule has 3 nitrogen and oxygen atoms in total. The van der Waals surface area contributed by atoms with Gasteiger partial charge in [-0.25, -0.2) is 0 Å². The summed E-state index contributed by atoms with van der Waals surface area (Å²) in [4.78, 5) is 0. The molecular weight excluding hydrogens is 353 g/mol. The summed E-state index contributed by atoms with van der Waals surface area (Å²) in [5, 5.41) is 0. The summed E-state index contributed by atoms with van der Waals surface area (Å²) in [6, 6.07) is 13.6. The predicted molar refractivity (Wildman–Crippen MR) is 84.7 cm³/mol. The molecule has 1 unspecified atom stereocenters. The van der Waals surface area contributed by atoms with Gasteiger partial charge in [0.1, 0.15) is 11.5 Å². The lowest BCUT2D eigenvalue weighted by atomic mass is 9.98. The molecule has 2 aromatic carbocycles. The Morgan fingerprint density at radius 2 is 1.84 bits per heavy atom. The zero-order valence-electron chi connectivity index (χ0n) is 10.9. The minimum atomic E-state index is -0.236. The minimum Gasteiger partial charge on any atom is -0.497 e. The number of benzene rings is 2. The van der Waals surface area contributed by atoms with E-state index in [1.54, 1.807) is 14.2 Å². The zero-order valence-corrected chi connectivity index (χ0v) is 13.0. The van der Waals surface area contributed by atoms with Crippen molar-refractivity contribution in [2.24, 2.45) is 5.73 Å². The molecule has 0 aliphatic heterocycles. The second kappa shape index (κ2) is 6.25. The Morgan fingerprint density at radius 1 is 1.05 bits per heavy atom. The highest BCUT2D eigenvalue weighted by atomic mass is 127. The fourth-order valence-corrected chi connectivity index (χ4v) is 2.53. The van der Waals surface area contributed by atoms with Crippen LogP contribution in [0.1, 0.15) is 17.2 Å². The molecule has 0 aliphatic carbocycles. The molecule has 0 saturated carbocycles. The summed E-state index contributed by atoms with van der Waals surface area (Å²) in [5.41, 5.74) is 8.32. The SMILES string of the molecule is COc1ccc(OC)c(C(N)c2cccc(I)c2)c1. The van der Waals surface area contributed by atoms with Gasteiger partial charge in [-0.3, -0.25) is 0 Å². The monoisotopic (exact) mass is 369 g/mol. The first-order valence-corrected chi connectivity index (χ1v) is 6.96. The topological polar surface area (TPSA) is 44.5 Å². The van der Waals surface area contributed by atoms with Crippen molar-refractivity contribution in [1.29, 1.82) is 0 Å². The van der Waals surface area contributed by atoms with Gasteiger partial charge >= 0.3 is 0 Å². The van der Waals surface area contributed by atoms with Gasteiger partial charge in [0.15, 0.2) is 0 Å². The van der Waals surface area contributed by atoms with Crippen molar-refractivity contribution in [1.82, 2.24) is 0 Å². The van der Waals surface area contributed by atoms with Gasteiger partial charge in [-0.05, 0) is 58.5 Å². The second-order valence-electron chi connectivity index (χ2n) is 4.14. The number of rotatable bonds is 4. The van der Waals surface area contributed by atoms with Crippen molar-refractivity contribution in [2.75, 3.05) is 14.2 Å². The molecule has 2 rings (SSSR count). The summed E-state index contributed by atoms with van der Waals surface area (Å²) in [7, 11) is 3.29. The van der Waals surface area contributed by atoms with Crippen LogP contribution in [0.15, 0.2) is 42.5 Å². The van der Waals surface area contributed by atoms with Gasteiger partial charge < -0.3 is 15.2 Å². The molecule has 4 heteroatoms. The third-order valence-corrected chi connectivity index (χ3v) is 3.65. The standard InChI is InChI=1S/C15H16INO2/c1-18-12-6-7-14(19-2)13(9-12)15(17)10-4-3-5-11(16)8-10/h3-9,15H,17H2,1-2H3. The second-order valence-corrected chi connectivity index (χ2v) is 5.39. The quantitative estimate of drug-likeness (QED) is 0.841. The molecular formula is C15H16INO2. The molecule has 0 aliphatic rings. The van der Waals surface area contributed by atoms with Crippen LogP contribution in [-0.4, -0.2) is 14.2 Å². The first-order chi connectivity index (χ1) is 9.15. The molecule has 2 N–H and O–H groups in total. The number of hydrogen-bond donors (Lipinski definition) is 1. The van der Waals surface area contributed by atoms with Crippen LogP contribution < -0.4 is 15.2 Å².